The Kier molecular flexibility index (Phi) is 5.40. The van der Waals surface area contributed by atoms with Gasteiger partial charge in [-0.1, -0.05) is 0 Å². The number of aliphatic hydroxyl groups is 1. The van der Waals surface area contributed by atoms with Crippen molar-refractivity contribution in [3.05, 3.63) is 29.3 Å². The van der Waals surface area contributed by atoms with Gasteiger partial charge in [0.2, 0.25) is 0 Å². The molecule has 0 aromatic heterocycles. The van der Waals surface area contributed by atoms with Crippen LogP contribution in [0.2, 0.25) is 0 Å². The van der Waals surface area contributed by atoms with Gasteiger partial charge in [-0.2, -0.15) is 0 Å². The van der Waals surface area contributed by atoms with Crippen LogP contribution in [0.15, 0.2) is 18.2 Å². The first-order chi connectivity index (χ1) is 16.0. The second kappa shape index (κ2) is 8.42. The molecule has 0 radical (unpaired) electrons. The number of nitrogens with one attached hydrogen (secondary N) is 1. The smallest absolute Gasteiger partial charge is 0.388 e. The maximum atomic E-state index is 13.0. The zero-order valence-corrected chi connectivity index (χ0v) is 19.2. The van der Waals surface area contributed by atoms with E-state index in [0.29, 0.717) is 31.0 Å². The summed E-state index contributed by atoms with van der Waals surface area (Å²) in [7, 11) is 0. The molecule has 6 rings (SSSR count). The topological polar surface area (TPSA) is 84.0 Å². The number of carbonyl (C=O) groups excluding carboxylic acids is 2. The summed E-state index contributed by atoms with van der Waals surface area (Å²) in [5, 5.41) is 10.2. The summed E-state index contributed by atoms with van der Waals surface area (Å²) in [6, 6.07) is 5.82. The zero-order chi connectivity index (χ0) is 22.5. The molecule has 0 bridgehead atoms. The average molecular weight is 453 g/mol. The van der Waals surface area contributed by atoms with Crippen molar-refractivity contribution in [3.8, 4) is 5.75 Å². The van der Waals surface area contributed by atoms with Crippen LogP contribution in [0.5, 0.6) is 5.75 Å². The molecule has 2 amide bonds. The van der Waals surface area contributed by atoms with Gasteiger partial charge < -0.3 is 14.7 Å². The lowest BCUT2D eigenvalue weighted by Crippen LogP contribution is -2.82. The molecule has 7 heteroatoms. The molecule has 2 heterocycles. The number of hydrogen-bond acceptors (Lipinski definition) is 4. The van der Waals surface area contributed by atoms with Gasteiger partial charge in [0.15, 0.2) is 6.04 Å². The number of carbonyl (C=O) groups is 2. The van der Waals surface area contributed by atoms with E-state index in [9.17, 15) is 14.7 Å². The number of rotatable bonds is 8. The average Bonchev–Trinajstić information content (AvgIpc) is 3.71. The van der Waals surface area contributed by atoms with Gasteiger partial charge in [-0.15, -0.1) is 4.99 Å². The van der Waals surface area contributed by atoms with Crippen LogP contribution >= 0.6 is 0 Å². The highest BCUT2D eigenvalue weighted by atomic mass is 16.5. The Morgan fingerprint density at radius 3 is 2.48 bits per heavy atom. The number of aliphatic hydroxyl groups excluding tert-OH is 1. The first-order valence-electron chi connectivity index (χ1n) is 12.8. The molecular formula is C26H34N3O4+. The molecule has 3 atom stereocenters. The molecule has 7 nitrogen and oxygen atoms in total. The van der Waals surface area contributed by atoms with Crippen molar-refractivity contribution in [3.63, 3.8) is 0 Å². The predicted molar refractivity (Wildman–Crippen MR) is 122 cm³/mol. The first kappa shape index (κ1) is 21.1. The molecule has 2 aliphatic heterocycles. The van der Waals surface area contributed by atoms with E-state index in [0.717, 1.165) is 29.6 Å². The number of benzene rings is 1. The summed E-state index contributed by atoms with van der Waals surface area (Å²) in [6.45, 7) is 2.89. The Balaban J connectivity index is 1.15. The van der Waals surface area contributed by atoms with Gasteiger partial charge in [0.25, 0.3) is 5.91 Å². The summed E-state index contributed by atoms with van der Waals surface area (Å²) >= 11 is 0. The van der Waals surface area contributed by atoms with Crippen LogP contribution in [0.25, 0.3) is 0 Å². The van der Waals surface area contributed by atoms with Crippen molar-refractivity contribution in [1.82, 2.24) is 9.80 Å². The van der Waals surface area contributed by atoms with Crippen LogP contribution in [0.1, 0.15) is 73.7 Å². The molecule has 176 valence electrons. The van der Waals surface area contributed by atoms with Crippen molar-refractivity contribution in [1.29, 1.82) is 0 Å². The number of nitrogens with zero attached hydrogens (tertiary/aromatic N) is 2. The third-order valence-corrected chi connectivity index (χ3v) is 8.07. The summed E-state index contributed by atoms with van der Waals surface area (Å²) in [5.41, 5.74) is 1.60. The molecular weight excluding hydrogens is 418 g/mol. The molecule has 3 fully saturated rings. The minimum Gasteiger partial charge on any atom is -0.489 e. The van der Waals surface area contributed by atoms with Crippen molar-refractivity contribution in [2.45, 2.75) is 82.5 Å². The molecule has 1 aromatic carbocycles. The molecule has 1 aromatic rings. The number of ether oxygens (including phenoxy) is 1. The van der Waals surface area contributed by atoms with Gasteiger partial charge in [-0.05, 0) is 87.0 Å². The molecule has 0 saturated heterocycles. The largest absolute Gasteiger partial charge is 0.489 e. The minimum absolute atomic E-state index is 0.0944. The van der Waals surface area contributed by atoms with E-state index in [4.69, 9.17) is 4.74 Å². The van der Waals surface area contributed by atoms with E-state index >= 15 is 0 Å². The van der Waals surface area contributed by atoms with Crippen LogP contribution in [0, 0.1) is 11.8 Å². The third-order valence-electron chi connectivity index (χ3n) is 8.07. The predicted octanol–water partition coefficient (Wildman–Crippen LogP) is 1.79. The maximum Gasteiger partial charge on any atom is 0.388 e. The Labute approximate surface area is 194 Å². The van der Waals surface area contributed by atoms with Gasteiger partial charge in [-0.3, -0.25) is 9.69 Å². The fourth-order valence-electron chi connectivity index (χ4n) is 5.89. The van der Waals surface area contributed by atoms with E-state index in [-0.39, 0.29) is 23.8 Å². The van der Waals surface area contributed by atoms with Crippen LogP contribution in [0.4, 0.5) is 0 Å². The van der Waals surface area contributed by atoms with Gasteiger partial charge in [0, 0.05) is 31.2 Å². The lowest BCUT2D eigenvalue weighted by molar-refractivity contribution is -0.394. The van der Waals surface area contributed by atoms with Crippen LogP contribution in [-0.2, 0) is 11.3 Å². The molecule has 2 N–H and O–H groups in total. The number of fused-ring (bicyclic) bond motifs is 1. The summed E-state index contributed by atoms with van der Waals surface area (Å²) < 4.78 is 6.57. The van der Waals surface area contributed by atoms with E-state index < -0.39 is 6.04 Å². The molecule has 3 aliphatic carbocycles. The van der Waals surface area contributed by atoms with Crippen molar-refractivity contribution < 1.29 is 24.4 Å². The van der Waals surface area contributed by atoms with Crippen LogP contribution < -0.4 is 9.73 Å². The molecule has 1 unspecified atom stereocenters. The van der Waals surface area contributed by atoms with Crippen molar-refractivity contribution in [2.24, 2.45) is 11.8 Å². The minimum atomic E-state index is -0.468. The highest BCUT2D eigenvalue weighted by Gasteiger charge is 2.42. The summed E-state index contributed by atoms with van der Waals surface area (Å²) in [5.74, 6) is 2.20. The monoisotopic (exact) mass is 452 g/mol. The standard InChI is InChI=1S/C26H33N3O4/c30-24-11-10-22(25(31)27-24)29-15-18-12-19(8-9-20(18)26(29)32)33-23-3-1-2-21(23)28(13-16-4-5-16)14-17-6-7-17/h8-9,12,16-17,21-23H,1-7,10-11,13-15H2,(H,27,30,31)/p+1/t21-,22?,23-/m0/s1. The second-order valence-corrected chi connectivity index (χ2v) is 10.7. The molecule has 3 saturated carbocycles. The van der Waals surface area contributed by atoms with E-state index in [1.54, 1.807) is 4.90 Å². The molecule has 5 aliphatic rings. The summed E-state index contributed by atoms with van der Waals surface area (Å²) in [6.07, 6.45) is 10.00. The highest BCUT2D eigenvalue weighted by molar-refractivity contribution is 6.01. The van der Waals surface area contributed by atoms with Gasteiger partial charge in [-0.25, -0.2) is 4.79 Å². The Hall–Kier alpha value is -2.41. The molecule has 33 heavy (non-hydrogen) atoms. The lowest BCUT2D eigenvalue weighted by Gasteiger charge is -2.33. The SMILES string of the molecule is O=C1CCC(N2Cc3cc(O[C@H]4CCC[C@@H]4N(CC4CC4)CC4CC4)ccc3C2=O)C(O)=[NH+]1. The fourth-order valence-corrected chi connectivity index (χ4v) is 5.89. The Morgan fingerprint density at radius 2 is 1.79 bits per heavy atom. The second-order valence-electron chi connectivity index (χ2n) is 10.7. The fraction of sp³-hybridized carbons (Fsp3) is 0.654. The summed E-state index contributed by atoms with van der Waals surface area (Å²) in [4.78, 5) is 31.4. The van der Waals surface area contributed by atoms with Crippen molar-refractivity contribution in [2.75, 3.05) is 13.1 Å². The van der Waals surface area contributed by atoms with E-state index in [1.165, 1.54) is 51.6 Å². The quantitative estimate of drug-likeness (QED) is 0.628. The number of amides is 2. The highest BCUT2D eigenvalue weighted by Crippen LogP contribution is 2.38. The normalized spacial score (nSPS) is 29.5. The van der Waals surface area contributed by atoms with Gasteiger partial charge in [0.05, 0.1) is 6.42 Å². The van der Waals surface area contributed by atoms with E-state index in [1.807, 2.05) is 18.2 Å². The van der Waals surface area contributed by atoms with Crippen molar-refractivity contribution >= 4 is 17.7 Å². The van der Waals surface area contributed by atoms with E-state index in [2.05, 4.69) is 9.89 Å². The first-order valence-corrected chi connectivity index (χ1v) is 12.8. The van der Waals surface area contributed by atoms with Crippen LogP contribution in [0.3, 0.4) is 0 Å². The Bertz CT molecular complexity index is 970. The molecule has 0 spiro atoms. The lowest BCUT2D eigenvalue weighted by atomic mass is 10.1. The number of hydrogen-bond donors (Lipinski definition) is 2. The zero-order valence-electron chi connectivity index (χ0n) is 19.2. The third kappa shape index (κ3) is 4.39. The Morgan fingerprint density at radius 1 is 1.03 bits per heavy atom. The maximum absolute atomic E-state index is 13.0. The van der Waals surface area contributed by atoms with Crippen LogP contribution in [-0.4, -0.2) is 63.9 Å². The van der Waals surface area contributed by atoms with Gasteiger partial charge in [0.1, 0.15) is 11.9 Å². The van der Waals surface area contributed by atoms with Gasteiger partial charge >= 0.3 is 11.8 Å².